The van der Waals surface area contributed by atoms with Gasteiger partial charge in [0.05, 0.1) is 21.3 Å². The van der Waals surface area contributed by atoms with Crippen molar-refractivity contribution in [2.24, 2.45) is 0 Å². The number of rotatable bonds is 6. The van der Waals surface area contributed by atoms with Gasteiger partial charge in [-0.1, -0.05) is 60.8 Å². The first-order chi connectivity index (χ1) is 9.64. The molecule has 20 heavy (non-hydrogen) atoms. The summed E-state index contributed by atoms with van der Waals surface area (Å²) in [6.07, 6.45) is 6.73. The van der Waals surface area contributed by atoms with Crippen LogP contribution in [-0.2, 0) is 9.47 Å². The zero-order valence-electron chi connectivity index (χ0n) is 12.8. The molecule has 0 unspecified atom stereocenters. The van der Waals surface area contributed by atoms with Crippen molar-refractivity contribution in [3.8, 4) is 0 Å². The van der Waals surface area contributed by atoms with Gasteiger partial charge in [0.25, 0.3) is 0 Å². The minimum atomic E-state index is -1.50. The van der Waals surface area contributed by atoms with Crippen LogP contribution < -0.4 is 5.19 Å². The fourth-order valence-electron chi connectivity index (χ4n) is 2.90. The molecule has 1 aromatic rings. The molecule has 1 saturated heterocycles. The molecular weight excluding hydrogens is 264 g/mol. The molecule has 0 radical (unpaired) electrons. The van der Waals surface area contributed by atoms with Gasteiger partial charge in [-0.2, -0.15) is 0 Å². The zero-order valence-corrected chi connectivity index (χ0v) is 13.8. The minimum Gasteiger partial charge on any atom is -0.350 e. The largest absolute Gasteiger partial charge is 0.350 e. The second-order valence-corrected chi connectivity index (χ2v) is 10.7. The van der Waals surface area contributed by atoms with E-state index in [9.17, 15) is 0 Å². The van der Waals surface area contributed by atoms with E-state index in [0.717, 1.165) is 26.1 Å². The van der Waals surface area contributed by atoms with Gasteiger partial charge in [0.15, 0.2) is 6.29 Å². The highest BCUT2D eigenvalue weighted by atomic mass is 28.3. The normalized spacial score (nSPS) is 18.8. The second-order valence-electron chi connectivity index (χ2n) is 5.97. The van der Waals surface area contributed by atoms with Crippen LogP contribution in [0.1, 0.15) is 19.8 Å². The van der Waals surface area contributed by atoms with Gasteiger partial charge >= 0.3 is 0 Å². The topological polar surface area (TPSA) is 18.5 Å². The first-order valence-corrected chi connectivity index (χ1v) is 10.6. The van der Waals surface area contributed by atoms with Crippen LogP contribution >= 0.6 is 0 Å². The maximum Gasteiger partial charge on any atom is 0.157 e. The van der Waals surface area contributed by atoms with Crippen LogP contribution in [0.5, 0.6) is 0 Å². The van der Waals surface area contributed by atoms with Crippen LogP contribution in [-0.4, -0.2) is 27.6 Å². The average Bonchev–Trinajstić information content (AvgIpc) is 2.97. The van der Waals surface area contributed by atoms with Crippen molar-refractivity contribution in [2.45, 2.75) is 44.7 Å². The highest BCUT2D eigenvalue weighted by molar-refractivity contribution is 6.91. The first-order valence-electron chi connectivity index (χ1n) is 7.56. The molecule has 1 fully saturated rings. The zero-order chi connectivity index (χ0) is 14.4. The third-order valence-electron chi connectivity index (χ3n) is 4.27. The van der Waals surface area contributed by atoms with E-state index < -0.39 is 8.07 Å². The lowest BCUT2D eigenvalue weighted by Gasteiger charge is -2.31. The molecule has 1 heterocycles. The molecule has 1 atom stereocenters. The molecule has 2 nitrogen and oxygen atoms in total. The molecule has 0 bridgehead atoms. The Kier molecular flexibility index (Phi) is 5.58. The fraction of sp³-hybridized carbons (Fsp3) is 0.529. The quantitative estimate of drug-likeness (QED) is 0.587. The lowest BCUT2D eigenvalue weighted by Crippen LogP contribution is -2.45. The van der Waals surface area contributed by atoms with E-state index in [-0.39, 0.29) is 6.29 Å². The van der Waals surface area contributed by atoms with E-state index in [1.165, 1.54) is 5.19 Å². The summed E-state index contributed by atoms with van der Waals surface area (Å²) in [5, 5.41) is 1.52. The molecule has 0 aliphatic carbocycles. The van der Waals surface area contributed by atoms with E-state index in [2.05, 4.69) is 62.5 Å². The van der Waals surface area contributed by atoms with Crippen molar-refractivity contribution in [2.75, 3.05) is 13.2 Å². The Hall–Kier alpha value is -0.903. The van der Waals surface area contributed by atoms with Gasteiger partial charge in [-0.15, -0.1) is 0 Å². The SMILES string of the molecule is C/C=C\[C@H](CCC1OCCO1)[Si](C)(C)c1ccccc1. The van der Waals surface area contributed by atoms with Crippen molar-refractivity contribution >= 4 is 13.3 Å². The highest BCUT2D eigenvalue weighted by Crippen LogP contribution is 2.30. The molecule has 2 rings (SSSR count). The molecule has 3 heteroatoms. The molecule has 1 aliphatic heterocycles. The third-order valence-corrected chi connectivity index (χ3v) is 8.43. The Morgan fingerprint density at radius 1 is 1.20 bits per heavy atom. The van der Waals surface area contributed by atoms with Crippen molar-refractivity contribution in [3.05, 3.63) is 42.5 Å². The first kappa shape index (κ1) is 15.5. The predicted molar refractivity (Wildman–Crippen MR) is 87.0 cm³/mol. The van der Waals surface area contributed by atoms with E-state index in [1.54, 1.807) is 0 Å². The van der Waals surface area contributed by atoms with Crippen LogP contribution in [0.3, 0.4) is 0 Å². The van der Waals surface area contributed by atoms with Crippen molar-refractivity contribution in [3.63, 3.8) is 0 Å². The number of ether oxygens (including phenoxy) is 2. The molecule has 0 saturated carbocycles. The number of hydrogen-bond donors (Lipinski definition) is 0. The smallest absolute Gasteiger partial charge is 0.157 e. The fourth-order valence-corrected chi connectivity index (χ4v) is 5.94. The summed E-state index contributed by atoms with van der Waals surface area (Å²) < 4.78 is 11.1. The third kappa shape index (κ3) is 3.81. The lowest BCUT2D eigenvalue weighted by molar-refractivity contribution is -0.0475. The van der Waals surface area contributed by atoms with E-state index >= 15 is 0 Å². The summed E-state index contributed by atoms with van der Waals surface area (Å²) in [4.78, 5) is 0. The summed E-state index contributed by atoms with van der Waals surface area (Å²) in [6.45, 7) is 8.54. The molecular formula is C17H26O2Si. The lowest BCUT2D eigenvalue weighted by atomic mass is 10.2. The molecule has 1 aromatic carbocycles. The van der Waals surface area contributed by atoms with Gasteiger partial charge in [-0.25, -0.2) is 0 Å². The summed E-state index contributed by atoms with van der Waals surface area (Å²) in [5.74, 6) is 0. The summed E-state index contributed by atoms with van der Waals surface area (Å²) >= 11 is 0. The van der Waals surface area contributed by atoms with Crippen LogP contribution in [0.4, 0.5) is 0 Å². The van der Waals surface area contributed by atoms with Gasteiger partial charge in [0.1, 0.15) is 0 Å². The molecule has 0 spiro atoms. The van der Waals surface area contributed by atoms with Crippen molar-refractivity contribution in [1.82, 2.24) is 0 Å². The van der Waals surface area contributed by atoms with Crippen molar-refractivity contribution < 1.29 is 9.47 Å². The monoisotopic (exact) mass is 290 g/mol. The average molecular weight is 290 g/mol. The molecule has 110 valence electrons. The summed E-state index contributed by atoms with van der Waals surface area (Å²) in [5.41, 5.74) is 0.628. The van der Waals surface area contributed by atoms with Gasteiger partial charge in [-0.3, -0.25) is 0 Å². The Morgan fingerprint density at radius 3 is 2.45 bits per heavy atom. The standard InChI is InChI=1S/C17H26O2Si/c1-4-8-15(11-12-17-18-13-14-19-17)20(2,3)16-9-6-5-7-10-16/h4-10,15,17H,11-14H2,1-3H3/b8-4-/t15-/m1/s1. The summed E-state index contributed by atoms with van der Waals surface area (Å²) in [7, 11) is -1.50. The molecule has 0 aromatic heterocycles. The van der Waals surface area contributed by atoms with Crippen LogP contribution in [0.25, 0.3) is 0 Å². The maximum atomic E-state index is 5.57. The van der Waals surface area contributed by atoms with Crippen LogP contribution in [0.15, 0.2) is 42.5 Å². The number of hydrogen-bond acceptors (Lipinski definition) is 2. The number of benzene rings is 1. The van der Waals surface area contributed by atoms with Gasteiger partial charge in [-0.05, 0) is 25.3 Å². The van der Waals surface area contributed by atoms with E-state index in [0.29, 0.717) is 5.54 Å². The second kappa shape index (κ2) is 7.20. The highest BCUT2D eigenvalue weighted by Gasteiger charge is 2.32. The Labute approximate surface area is 123 Å². The van der Waals surface area contributed by atoms with Gasteiger partial charge in [0, 0.05) is 0 Å². The Balaban J connectivity index is 2.06. The predicted octanol–water partition coefficient (Wildman–Crippen LogP) is 3.70. The van der Waals surface area contributed by atoms with E-state index in [4.69, 9.17) is 9.47 Å². The van der Waals surface area contributed by atoms with E-state index in [1.807, 2.05) is 0 Å². The van der Waals surface area contributed by atoms with Gasteiger partial charge < -0.3 is 9.47 Å². The number of allylic oxidation sites excluding steroid dienone is 2. The molecule has 0 amide bonds. The molecule has 1 aliphatic rings. The van der Waals surface area contributed by atoms with Crippen LogP contribution in [0.2, 0.25) is 18.6 Å². The minimum absolute atomic E-state index is 0.0170. The van der Waals surface area contributed by atoms with Crippen molar-refractivity contribution in [1.29, 1.82) is 0 Å². The molecule has 0 N–H and O–H groups in total. The maximum absolute atomic E-state index is 5.57. The summed E-state index contributed by atoms with van der Waals surface area (Å²) in [6, 6.07) is 11.0. The van der Waals surface area contributed by atoms with Crippen LogP contribution in [0, 0.1) is 0 Å². The Morgan fingerprint density at radius 2 is 1.85 bits per heavy atom. The van der Waals surface area contributed by atoms with Gasteiger partial charge in [0.2, 0.25) is 0 Å². The Bertz CT molecular complexity index is 422.